The second kappa shape index (κ2) is 7.63. The molecule has 1 aromatic carbocycles. The van der Waals surface area contributed by atoms with Crippen molar-refractivity contribution in [2.24, 2.45) is 0 Å². The highest BCUT2D eigenvalue weighted by Crippen LogP contribution is 2.27. The second-order valence-electron chi connectivity index (χ2n) is 5.99. The maximum Gasteiger partial charge on any atom is 0.275 e. The van der Waals surface area contributed by atoms with Crippen molar-refractivity contribution >= 4 is 28.6 Å². The number of pyridine rings is 1. The number of carbonyl (C=O) groups excluding carboxylic acids is 1. The van der Waals surface area contributed by atoms with Gasteiger partial charge in [0, 0.05) is 49.5 Å². The van der Waals surface area contributed by atoms with Gasteiger partial charge in [0.05, 0.1) is 11.4 Å². The van der Waals surface area contributed by atoms with Gasteiger partial charge in [-0.25, -0.2) is 4.98 Å². The van der Waals surface area contributed by atoms with Crippen molar-refractivity contribution in [1.29, 1.82) is 0 Å². The molecule has 6 nitrogen and oxygen atoms in total. The monoisotopic (exact) mass is 365 g/mol. The Labute approximate surface area is 155 Å². The number of para-hydroxylation sites is 2. The first-order chi connectivity index (χ1) is 12.8. The van der Waals surface area contributed by atoms with Crippen LogP contribution >= 0.6 is 11.3 Å². The first-order valence-electron chi connectivity index (χ1n) is 8.53. The van der Waals surface area contributed by atoms with Crippen LogP contribution in [0.25, 0.3) is 10.6 Å². The van der Waals surface area contributed by atoms with E-state index in [9.17, 15) is 4.79 Å². The molecule has 0 unspecified atom stereocenters. The molecule has 2 aromatic heterocycles. The van der Waals surface area contributed by atoms with E-state index in [-0.39, 0.29) is 5.91 Å². The second-order valence-corrected chi connectivity index (χ2v) is 6.85. The van der Waals surface area contributed by atoms with Crippen LogP contribution in [0.2, 0.25) is 0 Å². The average molecular weight is 365 g/mol. The van der Waals surface area contributed by atoms with Crippen molar-refractivity contribution in [3.63, 3.8) is 0 Å². The smallest absolute Gasteiger partial charge is 0.275 e. The molecule has 1 fully saturated rings. The van der Waals surface area contributed by atoms with Crippen molar-refractivity contribution < 1.29 is 4.79 Å². The van der Waals surface area contributed by atoms with E-state index < -0.39 is 0 Å². The number of thiazole rings is 1. The maximum absolute atomic E-state index is 12.7. The van der Waals surface area contributed by atoms with Crippen LogP contribution < -0.4 is 15.5 Å². The van der Waals surface area contributed by atoms with Gasteiger partial charge in [-0.05, 0) is 24.3 Å². The Morgan fingerprint density at radius 2 is 2.00 bits per heavy atom. The summed E-state index contributed by atoms with van der Waals surface area (Å²) in [5.74, 6) is -0.195. The number of piperazine rings is 1. The van der Waals surface area contributed by atoms with Gasteiger partial charge >= 0.3 is 0 Å². The maximum atomic E-state index is 12.7. The van der Waals surface area contributed by atoms with Gasteiger partial charge in [-0.1, -0.05) is 12.1 Å². The van der Waals surface area contributed by atoms with E-state index in [0.717, 1.165) is 48.1 Å². The SMILES string of the molecule is O=C(Nc1ccccc1N1CCNCC1)c1csc(-c2cccnc2)n1. The molecule has 0 aliphatic carbocycles. The summed E-state index contributed by atoms with van der Waals surface area (Å²) in [5, 5.41) is 8.94. The average Bonchev–Trinajstić information content (AvgIpc) is 3.20. The minimum Gasteiger partial charge on any atom is -0.367 e. The summed E-state index contributed by atoms with van der Waals surface area (Å²) in [6.45, 7) is 3.75. The number of carbonyl (C=O) groups is 1. The van der Waals surface area contributed by atoms with Crippen LogP contribution in [-0.4, -0.2) is 42.1 Å². The van der Waals surface area contributed by atoms with Crippen LogP contribution in [0.4, 0.5) is 11.4 Å². The third-order valence-corrected chi connectivity index (χ3v) is 5.15. The summed E-state index contributed by atoms with van der Waals surface area (Å²) in [4.78, 5) is 23.5. The minimum absolute atomic E-state index is 0.195. The largest absolute Gasteiger partial charge is 0.367 e. The lowest BCUT2D eigenvalue weighted by Crippen LogP contribution is -2.43. The normalized spacial score (nSPS) is 14.2. The summed E-state index contributed by atoms with van der Waals surface area (Å²) in [7, 11) is 0. The van der Waals surface area contributed by atoms with Crippen LogP contribution in [0, 0.1) is 0 Å². The van der Waals surface area contributed by atoms with Gasteiger partial charge in [-0.3, -0.25) is 9.78 Å². The molecular formula is C19H19N5OS. The van der Waals surface area contributed by atoms with Crippen LogP contribution in [0.15, 0.2) is 54.2 Å². The third kappa shape index (κ3) is 3.58. The van der Waals surface area contributed by atoms with Gasteiger partial charge in [0.15, 0.2) is 0 Å². The third-order valence-electron chi connectivity index (χ3n) is 4.26. The molecule has 0 atom stereocenters. The zero-order valence-electron chi connectivity index (χ0n) is 14.2. The van der Waals surface area contributed by atoms with E-state index in [1.165, 1.54) is 11.3 Å². The van der Waals surface area contributed by atoms with Gasteiger partial charge in [-0.2, -0.15) is 0 Å². The van der Waals surface area contributed by atoms with Crippen molar-refractivity contribution in [2.75, 3.05) is 36.4 Å². The summed E-state index contributed by atoms with van der Waals surface area (Å²) >= 11 is 1.44. The highest BCUT2D eigenvalue weighted by molar-refractivity contribution is 7.13. The topological polar surface area (TPSA) is 70.2 Å². The number of benzene rings is 1. The quantitative estimate of drug-likeness (QED) is 0.744. The number of hydrogen-bond acceptors (Lipinski definition) is 6. The summed E-state index contributed by atoms with van der Waals surface area (Å²) in [5.41, 5.74) is 3.20. The standard InChI is InChI=1S/C19H19N5OS/c25-18(16-13-26-19(23-16)14-4-3-7-21-12-14)22-15-5-1-2-6-17(15)24-10-8-20-9-11-24/h1-7,12-13,20H,8-11H2,(H,22,25). The van der Waals surface area contributed by atoms with Gasteiger partial charge in [0.2, 0.25) is 0 Å². The molecule has 0 radical (unpaired) electrons. The molecule has 0 saturated carbocycles. The zero-order chi connectivity index (χ0) is 17.8. The van der Waals surface area contributed by atoms with Gasteiger partial charge < -0.3 is 15.5 Å². The first kappa shape index (κ1) is 16.7. The van der Waals surface area contributed by atoms with Crippen LogP contribution in [0.3, 0.4) is 0 Å². The molecule has 1 aliphatic heterocycles. The Hall–Kier alpha value is -2.77. The van der Waals surface area contributed by atoms with Gasteiger partial charge in [-0.15, -0.1) is 11.3 Å². The molecule has 1 aliphatic rings. The summed E-state index contributed by atoms with van der Waals surface area (Å²) in [6, 6.07) is 11.7. The molecule has 26 heavy (non-hydrogen) atoms. The molecular weight excluding hydrogens is 346 g/mol. The van der Waals surface area contributed by atoms with Crippen LogP contribution in [0.5, 0.6) is 0 Å². The van der Waals surface area contributed by atoms with E-state index in [2.05, 4.69) is 25.5 Å². The Morgan fingerprint density at radius 3 is 2.81 bits per heavy atom. The first-order valence-corrected chi connectivity index (χ1v) is 9.41. The zero-order valence-corrected chi connectivity index (χ0v) is 15.0. The molecule has 3 aromatic rings. The van der Waals surface area contributed by atoms with E-state index >= 15 is 0 Å². The molecule has 2 N–H and O–H groups in total. The van der Waals surface area contributed by atoms with E-state index in [1.807, 2.05) is 36.4 Å². The molecule has 4 rings (SSSR count). The highest BCUT2D eigenvalue weighted by Gasteiger charge is 2.17. The lowest BCUT2D eigenvalue weighted by Gasteiger charge is -2.31. The highest BCUT2D eigenvalue weighted by atomic mass is 32.1. The number of anilines is 2. The lowest BCUT2D eigenvalue weighted by atomic mass is 10.2. The number of aromatic nitrogens is 2. The van der Waals surface area contributed by atoms with E-state index in [0.29, 0.717) is 5.69 Å². The van der Waals surface area contributed by atoms with Crippen LogP contribution in [0.1, 0.15) is 10.5 Å². The molecule has 1 saturated heterocycles. The Bertz CT molecular complexity index is 890. The molecule has 0 bridgehead atoms. The Morgan fingerprint density at radius 1 is 1.15 bits per heavy atom. The molecule has 3 heterocycles. The fraction of sp³-hybridized carbons (Fsp3) is 0.211. The minimum atomic E-state index is -0.195. The number of rotatable bonds is 4. The molecule has 0 spiro atoms. The summed E-state index contributed by atoms with van der Waals surface area (Å²) in [6.07, 6.45) is 3.47. The number of hydrogen-bond donors (Lipinski definition) is 2. The van der Waals surface area contributed by atoms with Crippen molar-refractivity contribution in [3.05, 3.63) is 59.9 Å². The Kier molecular flexibility index (Phi) is 4.90. The number of amides is 1. The number of nitrogens with zero attached hydrogens (tertiary/aromatic N) is 3. The fourth-order valence-corrected chi connectivity index (χ4v) is 3.74. The van der Waals surface area contributed by atoms with E-state index in [4.69, 9.17) is 0 Å². The van der Waals surface area contributed by atoms with Crippen molar-refractivity contribution in [2.45, 2.75) is 0 Å². The molecule has 7 heteroatoms. The summed E-state index contributed by atoms with van der Waals surface area (Å²) < 4.78 is 0. The number of nitrogens with one attached hydrogen (secondary N) is 2. The van der Waals surface area contributed by atoms with Gasteiger partial charge in [0.1, 0.15) is 10.7 Å². The fourth-order valence-electron chi connectivity index (χ4n) is 2.95. The molecule has 1 amide bonds. The lowest BCUT2D eigenvalue weighted by molar-refractivity contribution is 0.102. The van der Waals surface area contributed by atoms with Crippen LogP contribution in [-0.2, 0) is 0 Å². The van der Waals surface area contributed by atoms with Gasteiger partial charge in [0.25, 0.3) is 5.91 Å². The van der Waals surface area contributed by atoms with Crippen molar-refractivity contribution in [1.82, 2.24) is 15.3 Å². The molecule has 132 valence electrons. The van der Waals surface area contributed by atoms with Crippen molar-refractivity contribution in [3.8, 4) is 10.6 Å². The Balaban J connectivity index is 1.53. The predicted molar refractivity (Wildman–Crippen MR) is 105 cm³/mol. The predicted octanol–water partition coefficient (Wildman–Crippen LogP) is 2.87. The van der Waals surface area contributed by atoms with E-state index in [1.54, 1.807) is 17.8 Å².